The minimum Gasteiger partial charge on any atom is -0.392 e. The van der Waals surface area contributed by atoms with Gasteiger partial charge in [-0.05, 0) is 17.7 Å². The highest BCUT2D eigenvalue weighted by Gasteiger charge is 2.09. The monoisotopic (exact) mass is 218 g/mol. The van der Waals surface area contributed by atoms with E-state index in [2.05, 4.69) is 4.98 Å². The fraction of sp³-hybridized carbons (Fsp3) is 0.0833. The summed E-state index contributed by atoms with van der Waals surface area (Å²) in [5.41, 5.74) is 7.05. The number of aromatic nitrogens is 1. The van der Waals surface area contributed by atoms with Gasteiger partial charge in [-0.2, -0.15) is 0 Å². The van der Waals surface area contributed by atoms with E-state index >= 15 is 0 Å². The molecule has 0 amide bonds. The van der Waals surface area contributed by atoms with E-state index in [4.69, 9.17) is 5.73 Å². The maximum Gasteiger partial charge on any atom is 0.131 e. The van der Waals surface area contributed by atoms with Gasteiger partial charge in [0.05, 0.1) is 6.61 Å². The van der Waals surface area contributed by atoms with Crippen molar-refractivity contribution < 1.29 is 9.50 Å². The summed E-state index contributed by atoms with van der Waals surface area (Å²) >= 11 is 0. The number of nitrogen functional groups attached to an aromatic ring is 1. The lowest BCUT2D eigenvalue weighted by Gasteiger charge is -2.08. The highest BCUT2D eigenvalue weighted by molar-refractivity contribution is 5.68. The lowest BCUT2D eigenvalue weighted by Crippen LogP contribution is -1.97. The van der Waals surface area contributed by atoms with Gasteiger partial charge in [0.25, 0.3) is 0 Å². The number of hydrogen-bond donors (Lipinski definition) is 2. The minimum absolute atomic E-state index is 0.198. The van der Waals surface area contributed by atoms with E-state index in [9.17, 15) is 9.50 Å². The minimum atomic E-state index is -0.344. The number of benzene rings is 1. The van der Waals surface area contributed by atoms with Gasteiger partial charge < -0.3 is 10.8 Å². The molecule has 0 aliphatic carbocycles. The summed E-state index contributed by atoms with van der Waals surface area (Å²) in [6, 6.07) is 7.90. The van der Waals surface area contributed by atoms with Gasteiger partial charge in [-0.3, -0.25) is 0 Å². The number of pyridine rings is 1. The molecule has 82 valence electrons. The zero-order valence-corrected chi connectivity index (χ0v) is 8.52. The molecule has 0 fully saturated rings. The van der Waals surface area contributed by atoms with Crippen molar-refractivity contribution in [2.24, 2.45) is 0 Å². The second kappa shape index (κ2) is 4.28. The maximum atomic E-state index is 13.6. The summed E-state index contributed by atoms with van der Waals surface area (Å²) in [6.07, 6.45) is 1.47. The van der Waals surface area contributed by atoms with Crippen LogP contribution in [-0.4, -0.2) is 10.1 Å². The average molecular weight is 218 g/mol. The van der Waals surface area contributed by atoms with Crippen LogP contribution in [0.1, 0.15) is 5.56 Å². The molecule has 3 N–H and O–H groups in total. The number of aliphatic hydroxyl groups is 1. The Morgan fingerprint density at radius 3 is 2.69 bits per heavy atom. The van der Waals surface area contributed by atoms with E-state index in [1.54, 1.807) is 24.3 Å². The van der Waals surface area contributed by atoms with Crippen molar-refractivity contribution in [2.45, 2.75) is 6.61 Å². The van der Waals surface area contributed by atoms with E-state index < -0.39 is 0 Å². The third-order valence-corrected chi connectivity index (χ3v) is 2.35. The Kier molecular flexibility index (Phi) is 2.83. The van der Waals surface area contributed by atoms with Gasteiger partial charge in [0.1, 0.15) is 11.6 Å². The van der Waals surface area contributed by atoms with Crippen molar-refractivity contribution in [3.63, 3.8) is 0 Å². The molecule has 0 unspecified atom stereocenters. The second-order valence-electron chi connectivity index (χ2n) is 3.40. The number of anilines is 1. The third-order valence-electron chi connectivity index (χ3n) is 2.35. The van der Waals surface area contributed by atoms with Gasteiger partial charge in [0, 0.05) is 17.3 Å². The van der Waals surface area contributed by atoms with Crippen LogP contribution >= 0.6 is 0 Å². The van der Waals surface area contributed by atoms with E-state index in [1.165, 1.54) is 12.3 Å². The fourth-order valence-corrected chi connectivity index (χ4v) is 1.57. The van der Waals surface area contributed by atoms with Crippen LogP contribution in [0, 0.1) is 5.82 Å². The van der Waals surface area contributed by atoms with Crippen LogP contribution in [0.3, 0.4) is 0 Å². The molecule has 3 nitrogen and oxygen atoms in total. The van der Waals surface area contributed by atoms with Crippen molar-refractivity contribution in [3.05, 3.63) is 47.9 Å². The molecular formula is C12H11FN2O. The molecule has 0 aliphatic rings. The highest BCUT2D eigenvalue weighted by atomic mass is 19.1. The summed E-state index contributed by atoms with van der Waals surface area (Å²) in [4.78, 5) is 3.91. The zero-order valence-electron chi connectivity index (χ0n) is 8.52. The molecule has 0 aliphatic heterocycles. The van der Waals surface area contributed by atoms with E-state index in [0.717, 1.165) is 0 Å². The second-order valence-corrected chi connectivity index (χ2v) is 3.40. The number of nitrogens with two attached hydrogens (primary N) is 1. The van der Waals surface area contributed by atoms with Gasteiger partial charge in [0.15, 0.2) is 0 Å². The molecule has 0 bridgehead atoms. The first kappa shape index (κ1) is 10.6. The van der Waals surface area contributed by atoms with Crippen LogP contribution in [0.4, 0.5) is 10.2 Å². The molecule has 1 heterocycles. The smallest absolute Gasteiger partial charge is 0.131 e. The Balaban J connectivity index is 2.60. The first-order valence-corrected chi connectivity index (χ1v) is 4.82. The number of hydrogen-bond acceptors (Lipinski definition) is 3. The molecule has 0 saturated carbocycles. The number of rotatable bonds is 2. The van der Waals surface area contributed by atoms with Crippen molar-refractivity contribution in [1.82, 2.24) is 4.98 Å². The van der Waals surface area contributed by atoms with E-state index in [-0.39, 0.29) is 12.4 Å². The lowest BCUT2D eigenvalue weighted by molar-refractivity contribution is 0.282. The number of nitrogens with zero attached hydrogens (tertiary/aromatic N) is 1. The molecule has 4 heteroatoms. The van der Waals surface area contributed by atoms with Crippen LogP contribution in [0.2, 0.25) is 0 Å². The van der Waals surface area contributed by atoms with Crippen LogP contribution < -0.4 is 5.73 Å². The molecule has 1 aromatic heterocycles. The first-order chi connectivity index (χ1) is 7.72. The van der Waals surface area contributed by atoms with Gasteiger partial charge in [-0.15, -0.1) is 0 Å². The summed E-state index contributed by atoms with van der Waals surface area (Å²) in [7, 11) is 0. The normalized spacial score (nSPS) is 10.4. The molecule has 2 rings (SSSR count). The molecule has 2 aromatic rings. The quantitative estimate of drug-likeness (QED) is 0.810. The first-order valence-electron chi connectivity index (χ1n) is 4.82. The maximum absolute atomic E-state index is 13.6. The van der Waals surface area contributed by atoms with Crippen molar-refractivity contribution in [3.8, 4) is 11.1 Å². The molecule has 0 atom stereocenters. The van der Waals surface area contributed by atoms with E-state index in [0.29, 0.717) is 22.5 Å². The van der Waals surface area contributed by atoms with Crippen molar-refractivity contribution in [1.29, 1.82) is 0 Å². The Labute approximate surface area is 92.4 Å². The van der Waals surface area contributed by atoms with Crippen LogP contribution in [0.5, 0.6) is 0 Å². The third kappa shape index (κ3) is 1.87. The summed E-state index contributed by atoms with van der Waals surface area (Å²) < 4.78 is 13.6. The standard InChI is InChI=1S/C12H11FN2O/c13-11-4-2-1-3-9(11)10-6-15-12(14)5-8(10)7-16/h1-6,16H,7H2,(H2,14,15). The van der Waals surface area contributed by atoms with Crippen LogP contribution in [0.25, 0.3) is 11.1 Å². The largest absolute Gasteiger partial charge is 0.392 e. The Hall–Kier alpha value is -1.94. The Bertz CT molecular complexity index is 514. The Morgan fingerprint density at radius 2 is 2.00 bits per heavy atom. The predicted octanol–water partition coefficient (Wildman–Crippen LogP) is 1.96. The molecule has 1 aromatic carbocycles. The summed E-state index contributed by atoms with van der Waals surface area (Å²) in [6.45, 7) is -0.198. The van der Waals surface area contributed by atoms with E-state index in [1.807, 2.05) is 0 Å². The van der Waals surface area contributed by atoms with Gasteiger partial charge in [-0.1, -0.05) is 18.2 Å². The highest BCUT2D eigenvalue weighted by Crippen LogP contribution is 2.26. The number of aliphatic hydroxyl groups excluding tert-OH is 1. The topological polar surface area (TPSA) is 59.1 Å². The van der Waals surface area contributed by atoms with Crippen LogP contribution in [-0.2, 0) is 6.61 Å². The lowest BCUT2D eigenvalue weighted by atomic mass is 10.0. The summed E-state index contributed by atoms with van der Waals surface area (Å²) in [5, 5.41) is 9.19. The molecule has 0 radical (unpaired) electrons. The van der Waals surface area contributed by atoms with Gasteiger partial charge in [-0.25, -0.2) is 9.37 Å². The van der Waals surface area contributed by atoms with Gasteiger partial charge in [0.2, 0.25) is 0 Å². The van der Waals surface area contributed by atoms with Crippen molar-refractivity contribution >= 4 is 5.82 Å². The molecule has 0 spiro atoms. The molecule has 0 saturated heterocycles. The van der Waals surface area contributed by atoms with Crippen molar-refractivity contribution in [2.75, 3.05) is 5.73 Å². The van der Waals surface area contributed by atoms with Crippen LogP contribution in [0.15, 0.2) is 36.5 Å². The fourth-order valence-electron chi connectivity index (χ4n) is 1.57. The average Bonchev–Trinajstić information content (AvgIpc) is 2.30. The summed E-state index contributed by atoms with van der Waals surface area (Å²) in [5.74, 6) is -0.0343. The Morgan fingerprint density at radius 1 is 1.25 bits per heavy atom. The molecule has 16 heavy (non-hydrogen) atoms. The zero-order chi connectivity index (χ0) is 11.5. The SMILES string of the molecule is Nc1cc(CO)c(-c2ccccc2F)cn1. The number of halogens is 1. The van der Waals surface area contributed by atoms with Gasteiger partial charge >= 0.3 is 0 Å². The molecular weight excluding hydrogens is 207 g/mol. The predicted molar refractivity (Wildman–Crippen MR) is 60.0 cm³/mol.